The first-order valence-electron chi connectivity index (χ1n) is 10.3. The number of nitrogens with zero attached hydrogens (tertiary/aromatic N) is 1. The molecular formula is C25H25ClN2O3. The van der Waals surface area contributed by atoms with E-state index in [0.29, 0.717) is 16.5 Å². The van der Waals surface area contributed by atoms with Crippen LogP contribution in [0.2, 0.25) is 5.02 Å². The van der Waals surface area contributed by atoms with Crippen LogP contribution in [-0.4, -0.2) is 37.1 Å². The number of carbonyl (C=O) groups is 1. The van der Waals surface area contributed by atoms with Crippen molar-refractivity contribution in [1.29, 1.82) is 0 Å². The van der Waals surface area contributed by atoms with E-state index in [9.17, 15) is 4.79 Å². The number of anilines is 1. The maximum absolute atomic E-state index is 12.3. The number of nitrogens with one attached hydrogen (secondary N) is 1. The molecule has 0 spiro atoms. The molecule has 1 aliphatic heterocycles. The minimum atomic E-state index is -0.211. The number of furan rings is 1. The van der Waals surface area contributed by atoms with Gasteiger partial charge in [-0.05, 0) is 54.5 Å². The van der Waals surface area contributed by atoms with Gasteiger partial charge in [0.25, 0.3) is 0 Å². The summed E-state index contributed by atoms with van der Waals surface area (Å²) in [6.07, 6.45) is 3.12. The highest BCUT2D eigenvalue weighted by atomic mass is 35.5. The fourth-order valence-corrected chi connectivity index (χ4v) is 3.58. The summed E-state index contributed by atoms with van der Waals surface area (Å²) in [5, 5.41) is 3.57. The van der Waals surface area contributed by atoms with Crippen molar-refractivity contribution in [3.63, 3.8) is 0 Å². The van der Waals surface area contributed by atoms with Crippen LogP contribution in [0.25, 0.3) is 17.4 Å². The lowest BCUT2D eigenvalue weighted by Crippen LogP contribution is -2.35. The average Bonchev–Trinajstić information content (AvgIpc) is 3.25. The van der Waals surface area contributed by atoms with Crippen LogP contribution in [0.3, 0.4) is 0 Å². The van der Waals surface area contributed by atoms with Crippen LogP contribution in [0, 0.1) is 6.92 Å². The minimum absolute atomic E-state index is 0.211. The molecule has 5 nitrogen and oxygen atoms in total. The van der Waals surface area contributed by atoms with E-state index in [4.69, 9.17) is 20.8 Å². The molecule has 0 unspecified atom stereocenters. The Kier molecular flexibility index (Phi) is 6.87. The molecule has 0 atom stereocenters. The van der Waals surface area contributed by atoms with Crippen molar-refractivity contribution in [3.05, 3.63) is 82.6 Å². The van der Waals surface area contributed by atoms with E-state index in [-0.39, 0.29) is 5.91 Å². The molecule has 1 aromatic heterocycles. The van der Waals surface area contributed by atoms with Gasteiger partial charge in [-0.2, -0.15) is 0 Å². The number of aryl methyl sites for hydroxylation is 1. The van der Waals surface area contributed by atoms with Crippen molar-refractivity contribution in [2.75, 3.05) is 31.6 Å². The summed E-state index contributed by atoms with van der Waals surface area (Å²) < 4.78 is 11.2. The molecular weight excluding hydrogens is 412 g/mol. The highest BCUT2D eigenvalue weighted by molar-refractivity contribution is 6.31. The van der Waals surface area contributed by atoms with E-state index < -0.39 is 0 Å². The van der Waals surface area contributed by atoms with Crippen molar-refractivity contribution < 1.29 is 13.9 Å². The molecule has 31 heavy (non-hydrogen) atoms. The molecule has 1 N–H and O–H groups in total. The zero-order valence-corrected chi connectivity index (χ0v) is 18.2. The Bertz CT molecular complexity index is 1070. The summed E-state index contributed by atoms with van der Waals surface area (Å²) in [4.78, 5) is 14.6. The Hall–Kier alpha value is -2.86. The second-order valence-corrected chi connectivity index (χ2v) is 7.98. The summed E-state index contributed by atoms with van der Waals surface area (Å²) in [5.74, 6) is 1.10. The molecule has 1 amide bonds. The Morgan fingerprint density at radius 3 is 2.61 bits per heavy atom. The van der Waals surface area contributed by atoms with Gasteiger partial charge in [-0.1, -0.05) is 35.9 Å². The highest BCUT2D eigenvalue weighted by Crippen LogP contribution is 2.27. The van der Waals surface area contributed by atoms with Gasteiger partial charge in [0.1, 0.15) is 11.5 Å². The number of rotatable bonds is 6. The van der Waals surface area contributed by atoms with E-state index in [1.54, 1.807) is 6.08 Å². The molecule has 160 valence electrons. The smallest absolute Gasteiger partial charge is 0.248 e. The van der Waals surface area contributed by atoms with Gasteiger partial charge >= 0.3 is 0 Å². The topological polar surface area (TPSA) is 54.7 Å². The Balaban J connectivity index is 1.32. The van der Waals surface area contributed by atoms with E-state index in [2.05, 4.69) is 10.2 Å². The molecule has 0 radical (unpaired) electrons. The van der Waals surface area contributed by atoms with Gasteiger partial charge in [-0.25, -0.2) is 0 Å². The van der Waals surface area contributed by atoms with E-state index in [1.165, 1.54) is 11.6 Å². The van der Waals surface area contributed by atoms with Gasteiger partial charge in [0.15, 0.2) is 0 Å². The fraction of sp³-hybridized carbons (Fsp3) is 0.240. The lowest BCUT2D eigenvalue weighted by Gasteiger charge is -2.26. The third-order valence-corrected chi connectivity index (χ3v) is 5.62. The number of ether oxygens (including phenoxy) is 1. The SMILES string of the molecule is Cc1ccc(-c2ccc(/C=C/C(=O)Nc3ccc(CN4CCOCC4)cc3)o2)cc1Cl. The molecule has 0 aliphatic carbocycles. The summed E-state index contributed by atoms with van der Waals surface area (Å²) in [7, 11) is 0. The quantitative estimate of drug-likeness (QED) is 0.526. The summed E-state index contributed by atoms with van der Waals surface area (Å²) in [6.45, 7) is 6.33. The molecule has 1 fully saturated rings. The second-order valence-electron chi connectivity index (χ2n) is 7.57. The third-order valence-electron chi connectivity index (χ3n) is 5.21. The largest absolute Gasteiger partial charge is 0.457 e. The van der Waals surface area contributed by atoms with Gasteiger partial charge in [-0.3, -0.25) is 9.69 Å². The molecule has 1 aliphatic rings. The lowest BCUT2D eigenvalue weighted by molar-refractivity contribution is -0.111. The van der Waals surface area contributed by atoms with Gasteiger partial charge < -0.3 is 14.5 Å². The minimum Gasteiger partial charge on any atom is -0.457 e. The fourth-order valence-electron chi connectivity index (χ4n) is 3.40. The summed E-state index contributed by atoms with van der Waals surface area (Å²) >= 11 is 6.19. The standard InChI is InChI=1S/C25H25ClN2O3/c1-18-2-5-20(16-23(18)26)24-10-8-22(31-24)9-11-25(29)27-21-6-3-19(4-7-21)17-28-12-14-30-15-13-28/h2-11,16H,12-15,17H2,1H3,(H,27,29)/b11-9+. The molecule has 2 heterocycles. The van der Waals surface area contributed by atoms with Crippen LogP contribution in [0.1, 0.15) is 16.9 Å². The van der Waals surface area contributed by atoms with Crippen LogP contribution in [0.5, 0.6) is 0 Å². The number of benzene rings is 2. The zero-order valence-electron chi connectivity index (χ0n) is 17.4. The number of amides is 1. The second kappa shape index (κ2) is 9.96. The first kappa shape index (κ1) is 21.4. The normalized spacial score (nSPS) is 14.8. The van der Waals surface area contributed by atoms with E-state index >= 15 is 0 Å². The monoisotopic (exact) mass is 436 g/mol. The molecule has 1 saturated heterocycles. The molecule has 0 bridgehead atoms. The number of morpholine rings is 1. The van der Waals surface area contributed by atoms with E-state index in [0.717, 1.165) is 49.7 Å². The predicted octanol–water partition coefficient (Wildman–Crippen LogP) is 5.39. The number of hydrogen-bond donors (Lipinski definition) is 1. The van der Waals surface area contributed by atoms with Crippen molar-refractivity contribution in [2.24, 2.45) is 0 Å². The first-order chi connectivity index (χ1) is 15.1. The van der Waals surface area contributed by atoms with Crippen LogP contribution in [0.4, 0.5) is 5.69 Å². The number of carbonyl (C=O) groups excluding carboxylic acids is 1. The molecule has 3 aromatic rings. The maximum atomic E-state index is 12.3. The highest BCUT2D eigenvalue weighted by Gasteiger charge is 2.10. The van der Waals surface area contributed by atoms with Gasteiger partial charge in [0.05, 0.1) is 13.2 Å². The van der Waals surface area contributed by atoms with Crippen molar-refractivity contribution in [1.82, 2.24) is 4.90 Å². The molecule has 4 rings (SSSR count). The van der Waals surface area contributed by atoms with E-state index in [1.807, 2.05) is 61.5 Å². The van der Waals surface area contributed by atoms with Gasteiger partial charge in [-0.15, -0.1) is 0 Å². The summed E-state index contributed by atoms with van der Waals surface area (Å²) in [5.41, 5.74) is 3.89. The van der Waals surface area contributed by atoms with Crippen LogP contribution >= 0.6 is 11.6 Å². The van der Waals surface area contributed by atoms with Crippen molar-refractivity contribution >= 4 is 29.3 Å². The average molecular weight is 437 g/mol. The van der Waals surface area contributed by atoms with Crippen molar-refractivity contribution in [3.8, 4) is 11.3 Å². The molecule has 6 heteroatoms. The summed E-state index contributed by atoms with van der Waals surface area (Å²) in [6, 6.07) is 17.4. The predicted molar refractivity (Wildman–Crippen MR) is 124 cm³/mol. The third kappa shape index (κ3) is 5.85. The van der Waals surface area contributed by atoms with Crippen LogP contribution in [0.15, 0.2) is 65.1 Å². The number of halogens is 1. The van der Waals surface area contributed by atoms with Crippen LogP contribution < -0.4 is 5.32 Å². The maximum Gasteiger partial charge on any atom is 0.248 e. The zero-order chi connectivity index (χ0) is 21.6. The lowest BCUT2D eigenvalue weighted by atomic mass is 10.1. The molecule has 2 aromatic carbocycles. The van der Waals surface area contributed by atoms with Crippen molar-refractivity contribution in [2.45, 2.75) is 13.5 Å². The van der Waals surface area contributed by atoms with Gasteiger partial charge in [0.2, 0.25) is 5.91 Å². The van der Waals surface area contributed by atoms with Gasteiger partial charge in [0, 0.05) is 42.0 Å². The van der Waals surface area contributed by atoms with Crippen LogP contribution in [-0.2, 0) is 16.1 Å². The Labute approximate surface area is 187 Å². The Morgan fingerprint density at radius 1 is 1.10 bits per heavy atom. The first-order valence-corrected chi connectivity index (χ1v) is 10.7. The number of hydrogen-bond acceptors (Lipinski definition) is 4. The molecule has 0 saturated carbocycles. The Morgan fingerprint density at radius 2 is 1.87 bits per heavy atom.